The molecule has 3 aromatic rings. The number of aromatic nitrogens is 1. The van der Waals surface area contributed by atoms with E-state index in [1.165, 1.54) is 4.90 Å². The Morgan fingerprint density at radius 2 is 1.76 bits per heavy atom. The van der Waals surface area contributed by atoms with Crippen molar-refractivity contribution in [3.63, 3.8) is 0 Å². The number of amides is 1. The molecule has 2 heterocycles. The topological polar surface area (TPSA) is 96.8 Å². The van der Waals surface area contributed by atoms with Crippen molar-refractivity contribution in [1.82, 2.24) is 4.98 Å². The normalized spacial score (nSPS) is 17.1. The number of halogens is 1. The van der Waals surface area contributed by atoms with Crippen LogP contribution < -0.4 is 4.90 Å². The average Bonchev–Trinajstić information content (AvgIpc) is 3.11. The number of rotatable bonds is 6. The summed E-state index contributed by atoms with van der Waals surface area (Å²) in [6, 6.07) is 17.8. The standard InChI is InChI=1S/C26H21BrN2O5/c1-2-34-21(30)15-16-6-12-19(13-7-16)29-23(20-5-3-4-14-28-20)22(25(32)26(29)33)24(31)17-8-10-18(27)11-9-17/h3-14,23,31H,2,15H2,1H3/b24-22-. The van der Waals surface area contributed by atoms with Crippen molar-refractivity contribution in [3.8, 4) is 0 Å². The average molecular weight is 521 g/mol. The number of aliphatic hydroxyl groups excluding tert-OH is 1. The fourth-order valence-corrected chi connectivity index (χ4v) is 4.10. The Morgan fingerprint density at radius 3 is 2.38 bits per heavy atom. The van der Waals surface area contributed by atoms with E-state index in [0.717, 1.165) is 4.47 Å². The first-order chi connectivity index (χ1) is 16.4. The summed E-state index contributed by atoms with van der Waals surface area (Å²) in [5.74, 6) is -2.19. The van der Waals surface area contributed by atoms with Gasteiger partial charge in [-0.25, -0.2) is 0 Å². The lowest BCUT2D eigenvalue weighted by molar-refractivity contribution is -0.142. The van der Waals surface area contributed by atoms with Gasteiger partial charge in [0.15, 0.2) is 0 Å². The quantitative estimate of drug-likeness (QED) is 0.221. The van der Waals surface area contributed by atoms with E-state index < -0.39 is 17.7 Å². The van der Waals surface area contributed by atoms with Crippen LogP contribution in [0.15, 0.2) is 83.0 Å². The zero-order chi connectivity index (χ0) is 24.2. The number of carbonyl (C=O) groups is 3. The monoisotopic (exact) mass is 520 g/mol. The molecular formula is C26H21BrN2O5. The summed E-state index contributed by atoms with van der Waals surface area (Å²) < 4.78 is 5.79. The van der Waals surface area contributed by atoms with Crippen molar-refractivity contribution in [2.24, 2.45) is 0 Å². The highest BCUT2D eigenvalue weighted by molar-refractivity contribution is 9.10. The van der Waals surface area contributed by atoms with Gasteiger partial charge in [0.1, 0.15) is 11.8 Å². The van der Waals surface area contributed by atoms with Crippen molar-refractivity contribution in [2.75, 3.05) is 11.5 Å². The fourth-order valence-electron chi connectivity index (χ4n) is 3.83. The van der Waals surface area contributed by atoms with Crippen molar-refractivity contribution in [2.45, 2.75) is 19.4 Å². The second-order valence-corrected chi connectivity index (χ2v) is 8.49. The number of ether oxygens (including phenoxy) is 1. The Hall–Kier alpha value is -3.78. The lowest BCUT2D eigenvalue weighted by Crippen LogP contribution is -2.29. The number of ketones is 1. The predicted octanol–water partition coefficient (Wildman–Crippen LogP) is 4.58. The number of carbonyl (C=O) groups excluding carboxylic acids is 3. The molecule has 8 heteroatoms. The molecule has 1 amide bonds. The van der Waals surface area contributed by atoms with Gasteiger partial charge in [0, 0.05) is 21.9 Å². The number of pyridine rings is 1. The number of hydrogen-bond donors (Lipinski definition) is 1. The molecule has 172 valence electrons. The summed E-state index contributed by atoms with van der Waals surface area (Å²) in [5.41, 5.74) is 1.97. The minimum absolute atomic E-state index is 0.0402. The Morgan fingerprint density at radius 1 is 1.06 bits per heavy atom. The highest BCUT2D eigenvalue weighted by Crippen LogP contribution is 2.41. The molecule has 1 aliphatic rings. The van der Waals surface area contributed by atoms with E-state index in [1.54, 1.807) is 79.9 Å². The molecule has 1 fully saturated rings. The van der Waals surface area contributed by atoms with Crippen molar-refractivity contribution < 1.29 is 24.2 Å². The number of Topliss-reactive ketones (excluding diaryl/α,β-unsaturated/α-hetero) is 1. The zero-order valence-electron chi connectivity index (χ0n) is 18.3. The zero-order valence-corrected chi connectivity index (χ0v) is 19.9. The molecule has 34 heavy (non-hydrogen) atoms. The summed E-state index contributed by atoms with van der Waals surface area (Å²) in [7, 11) is 0. The van der Waals surface area contributed by atoms with Crippen molar-refractivity contribution in [3.05, 3.63) is 99.8 Å². The van der Waals surface area contributed by atoms with Gasteiger partial charge in [-0.3, -0.25) is 24.3 Å². The van der Waals surface area contributed by atoms with Crippen LogP contribution in [-0.4, -0.2) is 34.4 Å². The van der Waals surface area contributed by atoms with Crippen LogP contribution >= 0.6 is 15.9 Å². The maximum absolute atomic E-state index is 13.2. The van der Waals surface area contributed by atoms with Gasteiger partial charge in [-0.05, 0) is 48.9 Å². The van der Waals surface area contributed by atoms with Gasteiger partial charge in [0.25, 0.3) is 11.7 Å². The Kier molecular flexibility index (Phi) is 6.88. The molecular weight excluding hydrogens is 500 g/mol. The van der Waals surface area contributed by atoms with E-state index in [0.29, 0.717) is 29.1 Å². The molecule has 1 atom stereocenters. The van der Waals surface area contributed by atoms with Crippen LogP contribution in [0, 0.1) is 0 Å². The SMILES string of the molecule is CCOC(=O)Cc1ccc(N2C(=O)C(=O)/C(=C(\O)c3ccc(Br)cc3)C2c2ccccn2)cc1. The number of benzene rings is 2. The second kappa shape index (κ2) is 10.0. The molecule has 1 saturated heterocycles. The molecule has 1 N–H and O–H groups in total. The Labute approximate surface area is 204 Å². The van der Waals surface area contributed by atoms with E-state index in [9.17, 15) is 19.5 Å². The summed E-state index contributed by atoms with van der Waals surface area (Å²) in [5, 5.41) is 11.1. The number of aliphatic hydroxyl groups is 1. The third kappa shape index (κ3) is 4.63. The van der Waals surface area contributed by atoms with Gasteiger partial charge in [-0.2, -0.15) is 0 Å². The maximum atomic E-state index is 13.2. The van der Waals surface area contributed by atoms with Gasteiger partial charge < -0.3 is 9.84 Å². The van der Waals surface area contributed by atoms with Gasteiger partial charge in [-0.15, -0.1) is 0 Å². The molecule has 1 aromatic heterocycles. The maximum Gasteiger partial charge on any atom is 0.310 e. The van der Waals surface area contributed by atoms with Gasteiger partial charge in [0.05, 0.1) is 24.3 Å². The van der Waals surface area contributed by atoms with Crippen LogP contribution in [0.25, 0.3) is 5.76 Å². The smallest absolute Gasteiger partial charge is 0.310 e. The summed E-state index contributed by atoms with van der Waals surface area (Å²) in [6.45, 7) is 2.04. The van der Waals surface area contributed by atoms with Crippen LogP contribution in [0.5, 0.6) is 0 Å². The van der Waals surface area contributed by atoms with Crippen LogP contribution in [0.4, 0.5) is 5.69 Å². The van der Waals surface area contributed by atoms with E-state index in [2.05, 4.69) is 20.9 Å². The predicted molar refractivity (Wildman–Crippen MR) is 130 cm³/mol. The molecule has 0 spiro atoms. The minimum atomic E-state index is -0.916. The molecule has 7 nitrogen and oxygen atoms in total. The van der Waals surface area contributed by atoms with Gasteiger partial charge in [0.2, 0.25) is 0 Å². The molecule has 0 aliphatic carbocycles. The van der Waals surface area contributed by atoms with E-state index in [4.69, 9.17) is 4.74 Å². The minimum Gasteiger partial charge on any atom is -0.507 e. The number of anilines is 1. The van der Waals surface area contributed by atoms with E-state index in [-0.39, 0.29) is 23.7 Å². The van der Waals surface area contributed by atoms with Crippen LogP contribution in [0.1, 0.15) is 29.8 Å². The van der Waals surface area contributed by atoms with Crippen molar-refractivity contribution >= 4 is 45.0 Å². The summed E-state index contributed by atoms with van der Waals surface area (Å²) in [6.07, 6.45) is 1.66. The molecule has 0 radical (unpaired) electrons. The lowest BCUT2D eigenvalue weighted by Gasteiger charge is -2.24. The highest BCUT2D eigenvalue weighted by Gasteiger charge is 2.47. The summed E-state index contributed by atoms with van der Waals surface area (Å²) >= 11 is 3.35. The molecule has 0 saturated carbocycles. The highest BCUT2D eigenvalue weighted by atomic mass is 79.9. The third-order valence-electron chi connectivity index (χ3n) is 5.40. The second-order valence-electron chi connectivity index (χ2n) is 7.58. The lowest BCUT2D eigenvalue weighted by atomic mass is 9.98. The molecule has 1 aliphatic heterocycles. The summed E-state index contributed by atoms with van der Waals surface area (Å²) in [4.78, 5) is 43.8. The van der Waals surface area contributed by atoms with E-state index >= 15 is 0 Å². The Balaban J connectivity index is 1.78. The number of esters is 1. The first kappa shape index (κ1) is 23.4. The fraction of sp³-hybridized carbons (Fsp3) is 0.154. The van der Waals surface area contributed by atoms with E-state index in [1.807, 2.05) is 0 Å². The van der Waals surface area contributed by atoms with Crippen LogP contribution in [0.3, 0.4) is 0 Å². The third-order valence-corrected chi connectivity index (χ3v) is 5.93. The van der Waals surface area contributed by atoms with Crippen LogP contribution in [-0.2, 0) is 25.5 Å². The number of nitrogens with zero attached hydrogens (tertiary/aromatic N) is 2. The number of hydrogen-bond acceptors (Lipinski definition) is 6. The first-order valence-electron chi connectivity index (χ1n) is 10.6. The largest absolute Gasteiger partial charge is 0.507 e. The molecule has 4 rings (SSSR count). The molecule has 0 bridgehead atoms. The first-order valence-corrected chi connectivity index (χ1v) is 11.4. The molecule has 1 unspecified atom stereocenters. The van der Waals surface area contributed by atoms with Gasteiger partial charge >= 0.3 is 5.97 Å². The molecule has 2 aromatic carbocycles. The Bertz CT molecular complexity index is 1250. The van der Waals surface area contributed by atoms with Gasteiger partial charge in [-0.1, -0.05) is 46.3 Å². The van der Waals surface area contributed by atoms with Crippen LogP contribution in [0.2, 0.25) is 0 Å². The van der Waals surface area contributed by atoms with Crippen molar-refractivity contribution in [1.29, 1.82) is 0 Å².